The summed E-state index contributed by atoms with van der Waals surface area (Å²) in [5.41, 5.74) is 4.98. The second-order valence-corrected chi connectivity index (χ2v) is 10.3. The van der Waals surface area contributed by atoms with Gasteiger partial charge in [-0.25, -0.2) is 14.0 Å². The van der Waals surface area contributed by atoms with Gasteiger partial charge < -0.3 is 26.5 Å². The average molecular weight is 556 g/mol. The van der Waals surface area contributed by atoms with Crippen LogP contribution in [0.2, 0.25) is 0 Å². The Hall–Kier alpha value is -3.64. The molecule has 5 N–H and O–H groups in total. The Balaban J connectivity index is 0.00000294. The van der Waals surface area contributed by atoms with Crippen LogP contribution in [-0.2, 0) is 4.79 Å². The molecule has 1 aliphatic carbocycles. The Kier molecular flexibility index (Phi) is 12.1. The predicted octanol–water partition coefficient (Wildman–Crippen LogP) is 3.65. The van der Waals surface area contributed by atoms with E-state index in [0.29, 0.717) is 16.8 Å². The second-order valence-electron chi connectivity index (χ2n) is 10.3. The fraction of sp³-hybridized carbons (Fsp3) is 0.323. The summed E-state index contributed by atoms with van der Waals surface area (Å²) in [6.45, 7) is 5.77. The maximum Gasteiger partial charge on any atom is 1.00 e. The van der Waals surface area contributed by atoms with Crippen LogP contribution in [0.25, 0.3) is 11.1 Å². The van der Waals surface area contributed by atoms with E-state index in [0.717, 1.165) is 48.8 Å². The first-order valence-electron chi connectivity index (χ1n) is 13.2. The number of carboxylic acids is 1. The third kappa shape index (κ3) is 8.43. The van der Waals surface area contributed by atoms with E-state index in [1.807, 2.05) is 32.9 Å². The molecule has 10 heteroatoms. The molecule has 0 heterocycles. The minimum atomic E-state index is -1.08. The number of carboxylic acid groups (broad SMARTS) is 1. The van der Waals surface area contributed by atoms with E-state index in [9.17, 15) is 23.9 Å². The number of benzene rings is 3. The van der Waals surface area contributed by atoms with E-state index >= 15 is 0 Å². The molecule has 0 bridgehead atoms. The van der Waals surface area contributed by atoms with Gasteiger partial charge in [0.1, 0.15) is 11.9 Å². The molecule has 1 fully saturated rings. The number of hydrogen-bond acceptors (Lipinski definition) is 4. The number of aryl methyl sites for hydroxylation is 3. The Morgan fingerprint density at radius 3 is 2.12 bits per heavy atom. The third-order valence-electron chi connectivity index (χ3n) is 7.26. The van der Waals surface area contributed by atoms with Crippen LogP contribution in [0.4, 0.5) is 20.6 Å². The monoisotopic (exact) mass is 555 g/mol. The average Bonchev–Trinajstić information content (AvgIpc) is 2.89. The summed E-state index contributed by atoms with van der Waals surface area (Å²) in [5.74, 6) is -2.25. The summed E-state index contributed by atoms with van der Waals surface area (Å²) in [7, 11) is 0. The van der Waals surface area contributed by atoms with Crippen molar-refractivity contribution in [1.82, 2.24) is 5.32 Å². The Bertz CT molecular complexity index is 1390. The molecule has 41 heavy (non-hydrogen) atoms. The second kappa shape index (κ2) is 14.8. The topological polar surface area (TPSA) is 138 Å². The van der Waals surface area contributed by atoms with Crippen LogP contribution in [-0.4, -0.2) is 34.5 Å². The smallest absolute Gasteiger partial charge is 0.870 e. The number of halogens is 1. The molecule has 0 saturated heterocycles. The molecule has 1 saturated carbocycles. The maximum absolute atomic E-state index is 13.9. The zero-order valence-corrected chi connectivity index (χ0v) is 23.9. The minimum Gasteiger partial charge on any atom is -0.870 e. The van der Waals surface area contributed by atoms with Crippen molar-refractivity contribution in [2.75, 3.05) is 10.6 Å². The van der Waals surface area contributed by atoms with Gasteiger partial charge in [-0.15, -0.1) is 0 Å². The van der Waals surface area contributed by atoms with E-state index in [-0.39, 0.29) is 41.5 Å². The summed E-state index contributed by atoms with van der Waals surface area (Å²) in [5, 5.41) is 18.2. The first-order valence-corrected chi connectivity index (χ1v) is 13.2. The molecule has 1 aliphatic rings. The first kappa shape index (κ1) is 33.6. The van der Waals surface area contributed by atoms with E-state index in [4.69, 9.17) is 0 Å². The van der Waals surface area contributed by atoms with Gasteiger partial charge in [0.2, 0.25) is 0 Å². The van der Waals surface area contributed by atoms with Crippen LogP contribution in [0.3, 0.4) is 0 Å². The van der Waals surface area contributed by atoms with Crippen molar-refractivity contribution in [3.8, 4) is 11.1 Å². The van der Waals surface area contributed by atoms with Crippen LogP contribution in [0, 0.1) is 32.5 Å². The number of anilines is 2. The van der Waals surface area contributed by atoms with E-state index in [1.54, 1.807) is 24.3 Å². The first-order chi connectivity index (χ1) is 18.6. The molecule has 0 aromatic heterocycles. The van der Waals surface area contributed by atoms with Gasteiger partial charge in [0, 0.05) is 5.69 Å². The maximum atomic E-state index is 13.9. The Labute approximate surface area is 251 Å². The van der Waals surface area contributed by atoms with Crippen LogP contribution < -0.4 is 34.8 Å². The Morgan fingerprint density at radius 1 is 0.878 bits per heavy atom. The summed E-state index contributed by atoms with van der Waals surface area (Å²) >= 11 is 0. The van der Waals surface area contributed by atoms with Gasteiger partial charge in [-0.1, -0.05) is 55.2 Å². The summed E-state index contributed by atoms with van der Waals surface area (Å²) < 4.78 is 13.9. The third-order valence-corrected chi connectivity index (χ3v) is 7.26. The molecule has 1 atom stereocenters. The van der Waals surface area contributed by atoms with Crippen LogP contribution in [0.1, 0.15) is 59.2 Å². The molecule has 3 amide bonds. The van der Waals surface area contributed by atoms with Gasteiger partial charge in [0.15, 0.2) is 0 Å². The van der Waals surface area contributed by atoms with Crippen molar-refractivity contribution in [2.24, 2.45) is 5.92 Å². The molecule has 0 unspecified atom stereocenters. The van der Waals surface area contributed by atoms with E-state index in [2.05, 4.69) is 16.0 Å². The van der Waals surface area contributed by atoms with Gasteiger partial charge >= 0.3 is 30.9 Å². The summed E-state index contributed by atoms with van der Waals surface area (Å²) in [6, 6.07) is 13.1. The van der Waals surface area contributed by atoms with Crippen molar-refractivity contribution >= 4 is 29.3 Å². The Morgan fingerprint density at radius 2 is 1.51 bits per heavy atom. The number of rotatable bonds is 7. The van der Waals surface area contributed by atoms with Gasteiger partial charge in [-0.2, -0.15) is 0 Å². The molecule has 0 aliphatic heterocycles. The fourth-order valence-electron chi connectivity index (χ4n) is 5.41. The van der Waals surface area contributed by atoms with Crippen molar-refractivity contribution in [1.29, 1.82) is 0 Å². The molecule has 4 rings (SSSR count). The zero-order valence-electron chi connectivity index (χ0n) is 23.9. The molecule has 3 aromatic carbocycles. The van der Waals surface area contributed by atoms with Crippen molar-refractivity contribution in [3.63, 3.8) is 0 Å². The molecule has 3 aromatic rings. The molecule has 0 radical (unpaired) electrons. The largest absolute Gasteiger partial charge is 1.00 e. The SMILES string of the molecule is Cc1cc(C)c(NC(=O)Nc2cc(-c3cccc(F)c3)ccc2C(=O)N[C@H](C(=O)O)C2CCCCC2)c(C)c1.[Li+].[OH-]. The normalized spacial score (nSPS) is 13.7. The number of carbonyl (C=O) groups is 3. The molecule has 8 nitrogen and oxygen atoms in total. The standard InChI is InChI=1S/C31H34FN3O4.Li.H2O/c1-18-14-19(2)27(20(3)15-18)35-31(39)33-26-17-23(22-10-7-11-24(32)16-22)12-13-25(26)29(36)34-28(30(37)38)21-8-5-4-6-9-21;;/h7,10-17,21,28H,4-6,8-9H2,1-3H3,(H,34,36)(H,37,38)(H2,33,35,39);;1H2/q;+1;/p-1/t28-;;/m0../s1. The number of nitrogens with one attached hydrogen (secondary N) is 3. The van der Waals surface area contributed by atoms with Crippen molar-refractivity contribution in [2.45, 2.75) is 58.9 Å². The minimum absolute atomic E-state index is 0. The molecular weight excluding hydrogens is 520 g/mol. The zero-order chi connectivity index (χ0) is 28.1. The fourth-order valence-corrected chi connectivity index (χ4v) is 5.41. The van der Waals surface area contributed by atoms with E-state index in [1.165, 1.54) is 18.2 Å². The number of amides is 3. The summed E-state index contributed by atoms with van der Waals surface area (Å²) in [4.78, 5) is 38.6. The van der Waals surface area contributed by atoms with Crippen molar-refractivity contribution < 1.29 is 48.2 Å². The van der Waals surface area contributed by atoms with Crippen LogP contribution in [0.15, 0.2) is 54.6 Å². The van der Waals surface area contributed by atoms with Gasteiger partial charge in [0.25, 0.3) is 5.91 Å². The number of urea groups is 1. The van der Waals surface area contributed by atoms with Gasteiger partial charge in [-0.3, -0.25) is 4.79 Å². The van der Waals surface area contributed by atoms with Crippen molar-refractivity contribution in [3.05, 3.63) is 82.7 Å². The molecule has 212 valence electrons. The number of aliphatic carboxylic acids is 1. The molecular formula is C31H35FLiN3O5. The van der Waals surface area contributed by atoms with Crippen LogP contribution in [0.5, 0.6) is 0 Å². The molecule has 0 spiro atoms. The number of hydrogen-bond donors (Lipinski definition) is 4. The quantitative estimate of drug-likeness (QED) is 0.330. The van der Waals surface area contributed by atoms with Gasteiger partial charge in [0.05, 0.1) is 11.3 Å². The van der Waals surface area contributed by atoms with Crippen LogP contribution >= 0.6 is 0 Å². The van der Waals surface area contributed by atoms with Gasteiger partial charge in [-0.05, 0) is 86.1 Å². The summed E-state index contributed by atoms with van der Waals surface area (Å²) in [6.07, 6.45) is 4.38. The van der Waals surface area contributed by atoms with E-state index < -0.39 is 29.8 Å². The predicted molar refractivity (Wildman–Crippen MR) is 153 cm³/mol. The number of carbonyl (C=O) groups excluding carboxylic acids is 2.